The van der Waals surface area contributed by atoms with Gasteiger partial charge in [0.15, 0.2) is 6.10 Å². The quantitative estimate of drug-likeness (QED) is 0.828. The number of ether oxygens (including phenoxy) is 3. The van der Waals surface area contributed by atoms with Crippen molar-refractivity contribution in [2.75, 3.05) is 7.11 Å². The summed E-state index contributed by atoms with van der Waals surface area (Å²) in [6.45, 7) is 5.45. The van der Waals surface area contributed by atoms with Gasteiger partial charge in [0.25, 0.3) is 0 Å². The van der Waals surface area contributed by atoms with Crippen LogP contribution in [0.1, 0.15) is 39.2 Å². The maximum absolute atomic E-state index is 12.2. The molecule has 3 atom stereocenters. The lowest BCUT2D eigenvalue weighted by atomic mass is 9.99. The number of hydrogen-bond donors (Lipinski definition) is 1. The van der Waals surface area contributed by atoms with Gasteiger partial charge in [0, 0.05) is 0 Å². The van der Waals surface area contributed by atoms with Gasteiger partial charge < -0.3 is 19.5 Å². The van der Waals surface area contributed by atoms with Crippen LogP contribution in [0.25, 0.3) is 0 Å². The van der Waals surface area contributed by atoms with Crippen molar-refractivity contribution in [2.24, 2.45) is 0 Å². The summed E-state index contributed by atoms with van der Waals surface area (Å²) in [6, 6.07) is 9.55. The predicted octanol–water partition coefficient (Wildman–Crippen LogP) is 2.84. The third kappa shape index (κ3) is 6.05. The van der Waals surface area contributed by atoms with Crippen LogP contribution in [0, 0.1) is 0 Å². The second kappa shape index (κ2) is 8.34. The van der Waals surface area contributed by atoms with E-state index >= 15 is 0 Å². The molecule has 0 radical (unpaired) electrons. The highest BCUT2D eigenvalue weighted by Crippen LogP contribution is 2.25. The zero-order valence-electron chi connectivity index (χ0n) is 15.3. The first-order valence-corrected chi connectivity index (χ1v) is 8.55. The number of benzene rings is 1. The summed E-state index contributed by atoms with van der Waals surface area (Å²) in [6.07, 6.45) is 0.522. The molecule has 6 heteroatoms. The molecule has 1 amide bonds. The molecule has 1 fully saturated rings. The van der Waals surface area contributed by atoms with Crippen LogP contribution in [0.4, 0.5) is 4.79 Å². The molecule has 2 rings (SSSR count). The molecule has 25 heavy (non-hydrogen) atoms. The van der Waals surface area contributed by atoms with Gasteiger partial charge in [-0.3, -0.25) is 0 Å². The molecule has 1 saturated heterocycles. The standard InChI is InChI=1S/C19H27NO5/c1-19(2,3)25-18(22)20-14(12-13-8-6-5-7-9-13)15-10-11-16(24-15)17(21)23-4/h5-9,14-16H,10-12H2,1-4H3,(H,20,22)/t14-,15+,16+/m0/s1. The van der Waals surface area contributed by atoms with E-state index in [2.05, 4.69) is 5.32 Å². The van der Waals surface area contributed by atoms with Crippen molar-refractivity contribution >= 4 is 12.1 Å². The maximum Gasteiger partial charge on any atom is 0.407 e. The lowest BCUT2D eigenvalue weighted by Crippen LogP contribution is -2.47. The fourth-order valence-electron chi connectivity index (χ4n) is 2.87. The zero-order valence-corrected chi connectivity index (χ0v) is 15.3. The van der Waals surface area contributed by atoms with Crippen LogP contribution < -0.4 is 5.32 Å². The molecule has 1 aromatic rings. The van der Waals surface area contributed by atoms with Gasteiger partial charge >= 0.3 is 12.1 Å². The number of methoxy groups -OCH3 is 1. The first kappa shape index (κ1) is 19.2. The second-order valence-corrected chi connectivity index (χ2v) is 7.21. The van der Waals surface area contributed by atoms with Crippen LogP contribution >= 0.6 is 0 Å². The number of nitrogens with one attached hydrogen (secondary N) is 1. The lowest BCUT2D eigenvalue weighted by Gasteiger charge is -2.27. The van der Waals surface area contributed by atoms with Crippen LogP contribution in [0.15, 0.2) is 30.3 Å². The summed E-state index contributed by atoms with van der Waals surface area (Å²) < 4.78 is 15.9. The highest BCUT2D eigenvalue weighted by atomic mass is 16.6. The lowest BCUT2D eigenvalue weighted by molar-refractivity contribution is -0.153. The molecular weight excluding hydrogens is 322 g/mol. The van der Waals surface area contributed by atoms with Crippen molar-refractivity contribution in [3.05, 3.63) is 35.9 Å². The van der Waals surface area contributed by atoms with Crippen LogP contribution in [-0.2, 0) is 25.4 Å². The molecule has 1 N–H and O–H groups in total. The fraction of sp³-hybridized carbons (Fsp3) is 0.579. The molecule has 0 aromatic heterocycles. The van der Waals surface area contributed by atoms with E-state index in [1.807, 2.05) is 51.1 Å². The van der Waals surface area contributed by atoms with Crippen LogP contribution in [-0.4, -0.2) is 43.0 Å². The Hall–Kier alpha value is -2.08. The van der Waals surface area contributed by atoms with Crippen molar-refractivity contribution in [1.29, 1.82) is 0 Å². The molecular formula is C19H27NO5. The SMILES string of the molecule is COC(=O)[C@H]1CC[C@H]([C@H](Cc2ccccc2)NC(=O)OC(C)(C)C)O1. The molecule has 0 saturated carbocycles. The summed E-state index contributed by atoms with van der Waals surface area (Å²) in [5.74, 6) is -0.377. The summed E-state index contributed by atoms with van der Waals surface area (Å²) in [7, 11) is 1.35. The number of alkyl carbamates (subject to hydrolysis) is 1. The Kier molecular flexibility index (Phi) is 6.42. The Bertz CT molecular complexity index is 581. The maximum atomic E-state index is 12.2. The fourth-order valence-corrected chi connectivity index (χ4v) is 2.87. The third-order valence-corrected chi connectivity index (χ3v) is 3.97. The van der Waals surface area contributed by atoms with Gasteiger partial charge in [0.1, 0.15) is 5.60 Å². The summed E-state index contributed by atoms with van der Waals surface area (Å²) >= 11 is 0. The summed E-state index contributed by atoms with van der Waals surface area (Å²) in [5.41, 5.74) is 0.501. The van der Waals surface area contributed by atoms with E-state index in [4.69, 9.17) is 14.2 Å². The number of carbonyl (C=O) groups excluding carboxylic acids is 2. The predicted molar refractivity (Wildman–Crippen MR) is 93.2 cm³/mol. The van der Waals surface area contributed by atoms with Crippen molar-refractivity contribution in [3.8, 4) is 0 Å². The van der Waals surface area contributed by atoms with E-state index in [1.165, 1.54) is 7.11 Å². The van der Waals surface area contributed by atoms with Crippen LogP contribution in [0.2, 0.25) is 0 Å². The van der Waals surface area contributed by atoms with Crippen LogP contribution in [0.3, 0.4) is 0 Å². The topological polar surface area (TPSA) is 73.9 Å². The smallest absolute Gasteiger partial charge is 0.407 e. The minimum absolute atomic E-state index is 0.267. The average molecular weight is 349 g/mol. The molecule has 0 unspecified atom stereocenters. The Morgan fingerprint density at radius 1 is 1.24 bits per heavy atom. The normalized spacial score (nSPS) is 21.4. The Labute approximate surface area is 148 Å². The summed E-state index contributed by atoms with van der Waals surface area (Å²) in [5, 5.41) is 2.90. The molecule has 0 aliphatic carbocycles. The number of carbonyl (C=O) groups is 2. The van der Waals surface area contributed by atoms with Crippen molar-refractivity contribution in [2.45, 2.75) is 63.9 Å². The largest absolute Gasteiger partial charge is 0.467 e. The highest BCUT2D eigenvalue weighted by Gasteiger charge is 2.37. The first-order chi connectivity index (χ1) is 11.8. The van der Waals surface area contributed by atoms with E-state index in [-0.39, 0.29) is 18.1 Å². The van der Waals surface area contributed by atoms with E-state index in [9.17, 15) is 9.59 Å². The zero-order chi connectivity index (χ0) is 18.4. The van der Waals surface area contributed by atoms with E-state index in [0.29, 0.717) is 19.3 Å². The Balaban J connectivity index is 2.07. The van der Waals surface area contributed by atoms with Gasteiger partial charge in [0.05, 0.1) is 19.3 Å². The Morgan fingerprint density at radius 3 is 2.52 bits per heavy atom. The molecule has 0 spiro atoms. The van der Waals surface area contributed by atoms with E-state index in [0.717, 1.165) is 5.56 Å². The van der Waals surface area contributed by atoms with Gasteiger partial charge in [-0.15, -0.1) is 0 Å². The van der Waals surface area contributed by atoms with Gasteiger partial charge in [-0.05, 0) is 45.6 Å². The van der Waals surface area contributed by atoms with Gasteiger partial charge in [-0.1, -0.05) is 30.3 Å². The molecule has 1 aliphatic heterocycles. The van der Waals surface area contributed by atoms with Crippen LogP contribution in [0.5, 0.6) is 0 Å². The number of hydrogen-bond acceptors (Lipinski definition) is 5. The number of amides is 1. The van der Waals surface area contributed by atoms with Gasteiger partial charge in [-0.2, -0.15) is 0 Å². The van der Waals surface area contributed by atoms with Gasteiger partial charge in [-0.25, -0.2) is 9.59 Å². The third-order valence-electron chi connectivity index (χ3n) is 3.97. The first-order valence-electron chi connectivity index (χ1n) is 8.55. The van der Waals surface area contributed by atoms with E-state index < -0.39 is 17.8 Å². The van der Waals surface area contributed by atoms with Crippen molar-refractivity contribution < 1.29 is 23.8 Å². The van der Waals surface area contributed by atoms with Gasteiger partial charge in [0.2, 0.25) is 0 Å². The van der Waals surface area contributed by atoms with Crippen molar-refractivity contribution in [1.82, 2.24) is 5.32 Å². The molecule has 0 bridgehead atoms. The highest BCUT2D eigenvalue weighted by molar-refractivity contribution is 5.74. The molecule has 6 nitrogen and oxygen atoms in total. The number of rotatable bonds is 5. The minimum atomic E-state index is -0.577. The second-order valence-electron chi connectivity index (χ2n) is 7.21. The molecule has 1 aliphatic rings. The average Bonchev–Trinajstić information content (AvgIpc) is 3.02. The summed E-state index contributed by atoms with van der Waals surface area (Å²) in [4.78, 5) is 23.9. The minimum Gasteiger partial charge on any atom is -0.467 e. The molecule has 1 heterocycles. The number of esters is 1. The monoisotopic (exact) mass is 349 g/mol. The Morgan fingerprint density at radius 2 is 1.92 bits per heavy atom. The molecule has 1 aromatic carbocycles. The van der Waals surface area contributed by atoms with Crippen molar-refractivity contribution in [3.63, 3.8) is 0 Å². The molecule has 138 valence electrons. The van der Waals surface area contributed by atoms with E-state index in [1.54, 1.807) is 0 Å².